The summed E-state index contributed by atoms with van der Waals surface area (Å²) in [7, 11) is 0. The van der Waals surface area contributed by atoms with Gasteiger partial charge in [-0.3, -0.25) is 9.59 Å². The van der Waals surface area contributed by atoms with Gasteiger partial charge in [-0.15, -0.1) is 0 Å². The first kappa shape index (κ1) is 17.7. The minimum absolute atomic E-state index is 0.0280. The van der Waals surface area contributed by atoms with Crippen LogP contribution >= 0.6 is 0 Å². The van der Waals surface area contributed by atoms with Crippen molar-refractivity contribution >= 4 is 23.2 Å². The van der Waals surface area contributed by atoms with Crippen molar-refractivity contribution in [3.8, 4) is 0 Å². The minimum Gasteiger partial charge on any atom is -0.311 e. The predicted molar refractivity (Wildman–Crippen MR) is 98.4 cm³/mol. The van der Waals surface area contributed by atoms with E-state index in [1.54, 1.807) is 4.90 Å². The lowest BCUT2D eigenvalue weighted by Crippen LogP contribution is -2.42. The summed E-state index contributed by atoms with van der Waals surface area (Å²) in [4.78, 5) is 28.0. The highest BCUT2D eigenvalue weighted by atomic mass is 16.2. The van der Waals surface area contributed by atoms with Gasteiger partial charge in [-0.05, 0) is 50.6 Å². The number of aryl methyl sites for hydroxylation is 2. The van der Waals surface area contributed by atoms with E-state index >= 15 is 0 Å². The number of carbonyl (C=O) groups is 2. The number of benzene rings is 2. The summed E-state index contributed by atoms with van der Waals surface area (Å²) in [5.74, 6) is -0.244. The summed E-state index contributed by atoms with van der Waals surface area (Å²) >= 11 is 0. The third-order valence-corrected chi connectivity index (χ3v) is 3.95. The van der Waals surface area contributed by atoms with Gasteiger partial charge in [-0.25, -0.2) is 0 Å². The molecular formula is C20H24N2O2. The second-order valence-electron chi connectivity index (χ2n) is 5.92. The van der Waals surface area contributed by atoms with Crippen molar-refractivity contribution in [2.24, 2.45) is 0 Å². The van der Waals surface area contributed by atoms with Crippen molar-refractivity contribution in [3.63, 3.8) is 0 Å². The van der Waals surface area contributed by atoms with Crippen LogP contribution in [-0.4, -0.2) is 24.9 Å². The first-order chi connectivity index (χ1) is 11.4. The average molecular weight is 324 g/mol. The standard InChI is InChI=1S/C20H24N2O2/c1-5-21(19-8-6-7-16(3)13-19)20(24)14-22(17(4)23)18-11-9-15(2)10-12-18/h6-13H,5,14H2,1-4H3. The largest absolute Gasteiger partial charge is 0.311 e. The normalized spacial score (nSPS) is 10.3. The summed E-state index contributed by atoms with van der Waals surface area (Å²) in [6, 6.07) is 15.4. The van der Waals surface area contributed by atoms with E-state index in [0.29, 0.717) is 6.54 Å². The quantitative estimate of drug-likeness (QED) is 0.841. The van der Waals surface area contributed by atoms with E-state index in [2.05, 4.69) is 0 Å². The molecule has 0 heterocycles. The molecule has 4 nitrogen and oxygen atoms in total. The SMILES string of the molecule is CCN(C(=O)CN(C(C)=O)c1ccc(C)cc1)c1cccc(C)c1. The monoisotopic (exact) mass is 324 g/mol. The topological polar surface area (TPSA) is 40.6 Å². The lowest BCUT2D eigenvalue weighted by Gasteiger charge is -2.26. The van der Waals surface area contributed by atoms with Crippen LogP contribution in [0, 0.1) is 13.8 Å². The van der Waals surface area contributed by atoms with Crippen LogP contribution in [0.25, 0.3) is 0 Å². The van der Waals surface area contributed by atoms with Gasteiger partial charge in [0.25, 0.3) is 0 Å². The number of hydrogen-bond donors (Lipinski definition) is 0. The van der Waals surface area contributed by atoms with E-state index in [0.717, 1.165) is 22.5 Å². The van der Waals surface area contributed by atoms with Crippen molar-refractivity contribution in [1.82, 2.24) is 0 Å². The zero-order valence-electron chi connectivity index (χ0n) is 14.7. The van der Waals surface area contributed by atoms with Gasteiger partial charge in [0.2, 0.25) is 11.8 Å². The van der Waals surface area contributed by atoms with Gasteiger partial charge in [0.15, 0.2) is 0 Å². The highest BCUT2D eigenvalue weighted by Gasteiger charge is 2.20. The van der Waals surface area contributed by atoms with E-state index in [9.17, 15) is 9.59 Å². The second-order valence-corrected chi connectivity index (χ2v) is 5.92. The summed E-state index contributed by atoms with van der Waals surface area (Å²) < 4.78 is 0. The maximum absolute atomic E-state index is 12.8. The lowest BCUT2D eigenvalue weighted by molar-refractivity contribution is -0.121. The molecule has 2 aromatic carbocycles. The summed E-state index contributed by atoms with van der Waals surface area (Å²) in [6.07, 6.45) is 0. The number of carbonyl (C=O) groups excluding carboxylic acids is 2. The maximum Gasteiger partial charge on any atom is 0.247 e. The Kier molecular flexibility index (Phi) is 5.74. The third-order valence-electron chi connectivity index (χ3n) is 3.95. The van der Waals surface area contributed by atoms with Crippen LogP contribution in [-0.2, 0) is 9.59 Å². The van der Waals surface area contributed by atoms with Crippen LogP contribution in [0.1, 0.15) is 25.0 Å². The van der Waals surface area contributed by atoms with Crippen molar-refractivity contribution in [2.45, 2.75) is 27.7 Å². The Morgan fingerprint density at radius 3 is 2.08 bits per heavy atom. The number of likely N-dealkylation sites (N-methyl/N-ethyl adjacent to an activating group) is 1. The summed E-state index contributed by atoms with van der Waals surface area (Å²) in [5.41, 5.74) is 3.81. The van der Waals surface area contributed by atoms with Gasteiger partial charge in [0, 0.05) is 24.8 Å². The molecule has 0 unspecified atom stereocenters. The van der Waals surface area contributed by atoms with Gasteiger partial charge in [-0.1, -0.05) is 29.8 Å². The highest BCUT2D eigenvalue weighted by molar-refractivity contribution is 6.03. The Bertz CT molecular complexity index is 723. The molecule has 0 atom stereocenters. The Labute approximate surface area is 143 Å². The number of rotatable bonds is 5. The molecule has 0 aromatic heterocycles. The summed E-state index contributed by atoms with van der Waals surface area (Å²) in [6.45, 7) is 7.99. The molecule has 126 valence electrons. The molecule has 0 aliphatic heterocycles. The third kappa shape index (κ3) is 4.22. The molecule has 2 rings (SSSR count). The van der Waals surface area contributed by atoms with Crippen LogP contribution in [0.3, 0.4) is 0 Å². The van der Waals surface area contributed by atoms with Gasteiger partial charge < -0.3 is 9.80 Å². The number of anilines is 2. The minimum atomic E-state index is -0.146. The molecule has 0 saturated heterocycles. The van der Waals surface area contributed by atoms with Crippen molar-refractivity contribution in [2.75, 3.05) is 22.9 Å². The van der Waals surface area contributed by atoms with Crippen molar-refractivity contribution < 1.29 is 9.59 Å². The molecule has 0 saturated carbocycles. The molecule has 0 fully saturated rings. The van der Waals surface area contributed by atoms with E-state index in [4.69, 9.17) is 0 Å². The highest BCUT2D eigenvalue weighted by Crippen LogP contribution is 2.19. The fraction of sp³-hybridized carbons (Fsp3) is 0.300. The second kappa shape index (κ2) is 7.77. The Morgan fingerprint density at radius 2 is 1.54 bits per heavy atom. The molecule has 0 aliphatic rings. The number of nitrogens with zero attached hydrogens (tertiary/aromatic N) is 2. The fourth-order valence-corrected chi connectivity index (χ4v) is 2.63. The Morgan fingerprint density at radius 1 is 0.875 bits per heavy atom. The fourth-order valence-electron chi connectivity index (χ4n) is 2.63. The number of hydrogen-bond acceptors (Lipinski definition) is 2. The molecule has 0 bridgehead atoms. The van der Waals surface area contributed by atoms with Crippen molar-refractivity contribution in [3.05, 3.63) is 59.7 Å². The van der Waals surface area contributed by atoms with Crippen LogP contribution in [0.15, 0.2) is 48.5 Å². The molecule has 0 spiro atoms. The van der Waals surface area contributed by atoms with E-state index in [-0.39, 0.29) is 18.4 Å². The zero-order chi connectivity index (χ0) is 17.7. The van der Waals surface area contributed by atoms with Crippen LogP contribution in [0.2, 0.25) is 0 Å². The van der Waals surface area contributed by atoms with E-state index < -0.39 is 0 Å². The summed E-state index contributed by atoms with van der Waals surface area (Å²) in [5, 5.41) is 0. The zero-order valence-corrected chi connectivity index (χ0v) is 14.7. The van der Waals surface area contributed by atoms with Gasteiger partial charge in [0.05, 0.1) is 0 Å². The van der Waals surface area contributed by atoms with Gasteiger partial charge >= 0.3 is 0 Å². The lowest BCUT2D eigenvalue weighted by atomic mass is 10.2. The van der Waals surface area contributed by atoms with E-state index in [1.165, 1.54) is 11.8 Å². The molecule has 4 heteroatoms. The molecule has 24 heavy (non-hydrogen) atoms. The van der Waals surface area contributed by atoms with Crippen LogP contribution in [0.4, 0.5) is 11.4 Å². The number of amides is 2. The molecule has 2 aromatic rings. The smallest absolute Gasteiger partial charge is 0.247 e. The van der Waals surface area contributed by atoms with Gasteiger partial charge in [0.1, 0.15) is 6.54 Å². The van der Waals surface area contributed by atoms with Gasteiger partial charge in [-0.2, -0.15) is 0 Å². The van der Waals surface area contributed by atoms with E-state index in [1.807, 2.05) is 69.3 Å². The Hall–Kier alpha value is -2.62. The van der Waals surface area contributed by atoms with Crippen LogP contribution < -0.4 is 9.80 Å². The first-order valence-corrected chi connectivity index (χ1v) is 8.14. The Balaban J connectivity index is 2.23. The molecule has 0 radical (unpaired) electrons. The molecule has 0 N–H and O–H groups in total. The average Bonchev–Trinajstić information content (AvgIpc) is 2.54. The van der Waals surface area contributed by atoms with Crippen molar-refractivity contribution in [1.29, 1.82) is 0 Å². The maximum atomic E-state index is 12.8. The molecular weight excluding hydrogens is 300 g/mol. The van der Waals surface area contributed by atoms with Crippen LogP contribution in [0.5, 0.6) is 0 Å². The molecule has 0 aliphatic carbocycles. The molecule has 2 amide bonds. The predicted octanol–water partition coefficient (Wildman–Crippen LogP) is 3.71. The first-order valence-electron chi connectivity index (χ1n) is 8.14.